The van der Waals surface area contributed by atoms with Crippen LogP contribution in [-0.4, -0.2) is 41.1 Å². The Morgan fingerprint density at radius 1 is 1.11 bits per heavy atom. The minimum atomic E-state index is -1.09. The van der Waals surface area contributed by atoms with E-state index < -0.39 is 17.9 Å². The number of nitrogens with zero attached hydrogens (tertiary/aromatic N) is 1. The molecule has 0 fully saturated rings. The molecule has 0 spiro atoms. The van der Waals surface area contributed by atoms with E-state index in [-0.39, 0.29) is 12.8 Å². The fraction of sp³-hybridized carbons (Fsp3) is 0.429. The standard InChI is InChI=1S/C14H19NO4/c1-15(2)9-11-5-3-10(4-6-11)7-12(14(18)19)8-13(16)17/h3-6,12H,7-9H2,1-2H3,(H,16,17)(H,18,19). The van der Waals surface area contributed by atoms with Gasteiger partial charge < -0.3 is 15.1 Å². The zero-order valence-corrected chi connectivity index (χ0v) is 11.2. The minimum Gasteiger partial charge on any atom is -0.481 e. The Balaban J connectivity index is 2.69. The van der Waals surface area contributed by atoms with Crippen LogP contribution in [0.4, 0.5) is 0 Å². The van der Waals surface area contributed by atoms with Crippen molar-refractivity contribution >= 4 is 11.9 Å². The van der Waals surface area contributed by atoms with Gasteiger partial charge in [0, 0.05) is 6.54 Å². The maximum Gasteiger partial charge on any atom is 0.307 e. The molecular weight excluding hydrogens is 246 g/mol. The summed E-state index contributed by atoms with van der Waals surface area (Å²) in [5, 5.41) is 17.7. The van der Waals surface area contributed by atoms with Crippen LogP contribution in [0.5, 0.6) is 0 Å². The third-order valence-corrected chi connectivity index (χ3v) is 2.77. The summed E-state index contributed by atoms with van der Waals surface area (Å²) in [6.45, 7) is 0.817. The number of carboxylic acids is 2. The second kappa shape index (κ2) is 6.89. The van der Waals surface area contributed by atoms with Gasteiger partial charge in [0.25, 0.3) is 0 Å². The lowest BCUT2D eigenvalue weighted by molar-refractivity contribution is -0.148. The predicted molar refractivity (Wildman–Crippen MR) is 70.9 cm³/mol. The first-order valence-corrected chi connectivity index (χ1v) is 6.05. The van der Waals surface area contributed by atoms with Gasteiger partial charge in [-0.2, -0.15) is 0 Å². The molecule has 19 heavy (non-hydrogen) atoms. The number of rotatable bonds is 7. The molecule has 1 atom stereocenters. The van der Waals surface area contributed by atoms with Crippen molar-refractivity contribution in [1.82, 2.24) is 4.90 Å². The summed E-state index contributed by atoms with van der Waals surface area (Å²) in [6.07, 6.45) is -0.112. The molecule has 5 nitrogen and oxygen atoms in total. The summed E-state index contributed by atoms with van der Waals surface area (Å²) < 4.78 is 0. The van der Waals surface area contributed by atoms with Crippen LogP contribution >= 0.6 is 0 Å². The van der Waals surface area contributed by atoms with Gasteiger partial charge in [0.1, 0.15) is 0 Å². The van der Waals surface area contributed by atoms with Gasteiger partial charge in [-0.05, 0) is 31.6 Å². The lowest BCUT2D eigenvalue weighted by Gasteiger charge is -2.12. The minimum absolute atomic E-state index is 0.240. The number of hydrogen-bond donors (Lipinski definition) is 2. The van der Waals surface area contributed by atoms with Crippen LogP contribution in [0.1, 0.15) is 17.5 Å². The molecule has 0 aliphatic heterocycles. The van der Waals surface area contributed by atoms with Crippen LogP contribution < -0.4 is 0 Å². The SMILES string of the molecule is CN(C)Cc1ccc(CC(CC(=O)O)C(=O)O)cc1. The monoisotopic (exact) mass is 265 g/mol. The second-order valence-electron chi connectivity index (χ2n) is 4.89. The van der Waals surface area contributed by atoms with Crippen molar-refractivity contribution in [3.05, 3.63) is 35.4 Å². The Morgan fingerprint density at radius 3 is 2.05 bits per heavy atom. The van der Waals surface area contributed by atoms with E-state index in [9.17, 15) is 9.59 Å². The molecule has 1 rings (SSSR count). The first-order chi connectivity index (χ1) is 8.88. The van der Waals surface area contributed by atoms with E-state index in [1.165, 1.54) is 0 Å². The van der Waals surface area contributed by atoms with Gasteiger partial charge >= 0.3 is 11.9 Å². The highest BCUT2D eigenvalue weighted by molar-refractivity contribution is 5.78. The summed E-state index contributed by atoms with van der Waals surface area (Å²) >= 11 is 0. The smallest absolute Gasteiger partial charge is 0.307 e. The Labute approximate surface area is 112 Å². The topological polar surface area (TPSA) is 77.8 Å². The van der Waals surface area contributed by atoms with Crippen LogP contribution in [0.15, 0.2) is 24.3 Å². The first-order valence-electron chi connectivity index (χ1n) is 6.05. The lowest BCUT2D eigenvalue weighted by atomic mass is 9.96. The van der Waals surface area contributed by atoms with Gasteiger partial charge in [-0.15, -0.1) is 0 Å². The van der Waals surface area contributed by atoms with E-state index in [0.717, 1.165) is 17.7 Å². The summed E-state index contributed by atoms with van der Waals surface area (Å²) in [5.41, 5.74) is 1.98. The quantitative estimate of drug-likeness (QED) is 0.780. The van der Waals surface area contributed by atoms with Crippen molar-refractivity contribution in [2.75, 3.05) is 14.1 Å². The van der Waals surface area contributed by atoms with Crippen molar-refractivity contribution in [3.8, 4) is 0 Å². The highest BCUT2D eigenvalue weighted by atomic mass is 16.4. The van der Waals surface area contributed by atoms with Gasteiger partial charge in [-0.25, -0.2) is 0 Å². The van der Waals surface area contributed by atoms with Gasteiger partial charge in [0.15, 0.2) is 0 Å². The fourth-order valence-corrected chi connectivity index (χ4v) is 1.89. The molecule has 0 saturated heterocycles. The highest BCUT2D eigenvalue weighted by Gasteiger charge is 2.21. The van der Waals surface area contributed by atoms with Crippen molar-refractivity contribution < 1.29 is 19.8 Å². The Morgan fingerprint density at radius 2 is 1.63 bits per heavy atom. The third kappa shape index (κ3) is 5.52. The van der Waals surface area contributed by atoms with Crippen molar-refractivity contribution in [3.63, 3.8) is 0 Å². The molecule has 1 unspecified atom stereocenters. The zero-order chi connectivity index (χ0) is 14.4. The molecule has 0 amide bonds. The maximum atomic E-state index is 11.0. The van der Waals surface area contributed by atoms with E-state index in [2.05, 4.69) is 0 Å². The molecule has 1 aromatic rings. The number of carbonyl (C=O) groups is 2. The van der Waals surface area contributed by atoms with E-state index in [1.807, 2.05) is 43.3 Å². The molecule has 0 aliphatic rings. The van der Waals surface area contributed by atoms with Crippen LogP contribution in [0.2, 0.25) is 0 Å². The molecule has 0 aliphatic carbocycles. The fourth-order valence-electron chi connectivity index (χ4n) is 1.89. The molecule has 1 aromatic carbocycles. The van der Waals surface area contributed by atoms with Crippen molar-refractivity contribution in [2.24, 2.45) is 5.92 Å². The molecule has 104 valence electrons. The van der Waals surface area contributed by atoms with Gasteiger partial charge in [0.05, 0.1) is 12.3 Å². The third-order valence-electron chi connectivity index (χ3n) is 2.77. The molecule has 2 N–H and O–H groups in total. The van der Waals surface area contributed by atoms with E-state index in [1.54, 1.807) is 0 Å². The van der Waals surface area contributed by atoms with Gasteiger partial charge in [-0.1, -0.05) is 24.3 Å². The predicted octanol–water partition coefficient (Wildman–Crippen LogP) is 1.47. The van der Waals surface area contributed by atoms with E-state index >= 15 is 0 Å². The summed E-state index contributed by atoms with van der Waals surface area (Å²) in [6, 6.07) is 7.59. The van der Waals surface area contributed by atoms with Crippen LogP contribution in [-0.2, 0) is 22.6 Å². The van der Waals surface area contributed by atoms with E-state index in [4.69, 9.17) is 10.2 Å². The Kier molecular flexibility index (Phi) is 5.51. The average Bonchev–Trinajstić information content (AvgIpc) is 2.29. The molecule has 5 heteroatoms. The Bertz CT molecular complexity index is 439. The summed E-state index contributed by atoms with van der Waals surface area (Å²) in [7, 11) is 3.95. The van der Waals surface area contributed by atoms with Crippen molar-refractivity contribution in [2.45, 2.75) is 19.4 Å². The normalized spacial score (nSPS) is 12.4. The van der Waals surface area contributed by atoms with Gasteiger partial charge in [-0.3, -0.25) is 9.59 Å². The number of hydrogen-bond acceptors (Lipinski definition) is 3. The van der Waals surface area contributed by atoms with E-state index in [0.29, 0.717) is 0 Å². The Hall–Kier alpha value is -1.88. The molecule has 0 bridgehead atoms. The second-order valence-corrected chi connectivity index (χ2v) is 4.89. The van der Waals surface area contributed by atoms with Crippen LogP contribution in [0.3, 0.4) is 0 Å². The van der Waals surface area contributed by atoms with Crippen LogP contribution in [0, 0.1) is 5.92 Å². The average molecular weight is 265 g/mol. The summed E-state index contributed by atoms with van der Waals surface area (Å²) in [5.74, 6) is -3.03. The molecule has 0 radical (unpaired) electrons. The van der Waals surface area contributed by atoms with Gasteiger partial charge in [0.2, 0.25) is 0 Å². The number of carboxylic acid groups (broad SMARTS) is 2. The maximum absolute atomic E-state index is 11.0. The lowest BCUT2D eigenvalue weighted by Crippen LogP contribution is -2.20. The zero-order valence-electron chi connectivity index (χ0n) is 11.2. The largest absolute Gasteiger partial charge is 0.481 e. The molecular formula is C14H19NO4. The van der Waals surface area contributed by atoms with Crippen molar-refractivity contribution in [1.29, 1.82) is 0 Å². The molecule has 0 saturated carbocycles. The molecule has 0 aromatic heterocycles. The number of benzene rings is 1. The highest BCUT2D eigenvalue weighted by Crippen LogP contribution is 2.14. The number of aliphatic carboxylic acids is 2. The summed E-state index contributed by atoms with van der Waals surface area (Å²) in [4.78, 5) is 23.6. The molecule has 0 heterocycles. The first kappa shape index (κ1) is 15.2. The van der Waals surface area contributed by atoms with Crippen LogP contribution in [0.25, 0.3) is 0 Å².